The Bertz CT molecular complexity index is 995. The Balaban J connectivity index is 4.08. The number of hydrogen-bond donors (Lipinski definition) is 2. The van der Waals surface area contributed by atoms with E-state index in [2.05, 4.69) is 73.1 Å². The van der Waals surface area contributed by atoms with Crippen molar-refractivity contribution in [1.29, 1.82) is 0 Å². The largest absolute Gasteiger partial charge is 0.469 e. The zero-order chi connectivity index (χ0) is 36.8. The summed E-state index contributed by atoms with van der Waals surface area (Å²) in [6, 6.07) is 0. The molecule has 0 radical (unpaired) electrons. The lowest BCUT2D eigenvalue weighted by Gasteiger charge is -2.18. The molecule has 9 heteroatoms. The van der Waals surface area contributed by atoms with Crippen LogP contribution in [0.25, 0.3) is 0 Å². The van der Waals surface area contributed by atoms with Crippen molar-refractivity contribution in [3.05, 3.63) is 60.8 Å². The fraction of sp³-hybridized carbons (Fsp3) is 0.707. The summed E-state index contributed by atoms with van der Waals surface area (Å²) in [4.78, 5) is 42.7. The minimum Gasteiger partial charge on any atom is -0.462 e. The maximum absolute atomic E-state index is 12.4. The lowest BCUT2D eigenvalue weighted by Crippen LogP contribution is -2.29. The summed E-state index contributed by atoms with van der Waals surface area (Å²) in [6.07, 6.45) is 45.2. The highest BCUT2D eigenvalue weighted by Crippen LogP contribution is 2.36. The minimum atomic E-state index is -4.77. The first-order valence-corrected chi connectivity index (χ1v) is 21.1. The van der Waals surface area contributed by atoms with Crippen molar-refractivity contribution >= 4 is 19.8 Å². The van der Waals surface area contributed by atoms with Gasteiger partial charge in [0, 0.05) is 12.8 Å². The Morgan fingerprint density at radius 3 is 1.44 bits per heavy atom. The summed E-state index contributed by atoms with van der Waals surface area (Å²) in [5.41, 5.74) is 0. The van der Waals surface area contributed by atoms with Crippen LogP contribution >= 0.6 is 7.82 Å². The van der Waals surface area contributed by atoms with E-state index in [4.69, 9.17) is 19.3 Å². The molecule has 0 aromatic rings. The van der Waals surface area contributed by atoms with Crippen molar-refractivity contribution in [2.24, 2.45) is 0 Å². The summed E-state index contributed by atoms with van der Waals surface area (Å²) in [7, 11) is -4.77. The Morgan fingerprint density at radius 2 is 0.920 bits per heavy atom. The normalized spacial score (nSPS) is 13.1. The van der Waals surface area contributed by atoms with Gasteiger partial charge in [-0.3, -0.25) is 14.1 Å². The van der Waals surface area contributed by atoms with Gasteiger partial charge in [-0.25, -0.2) is 4.57 Å². The highest BCUT2D eigenvalue weighted by atomic mass is 31.2. The van der Waals surface area contributed by atoms with Crippen molar-refractivity contribution in [1.82, 2.24) is 0 Å². The molecule has 0 aliphatic rings. The van der Waals surface area contributed by atoms with Gasteiger partial charge in [0.25, 0.3) is 0 Å². The monoisotopic (exact) mass is 722 g/mol. The number of phosphoric acid groups is 1. The highest BCUT2D eigenvalue weighted by Gasteiger charge is 2.22. The van der Waals surface area contributed by atoms with E-state index in [1.165, 1.54) is 64.2 Å². The van der Waals surface area contributed by atoms with Crippen LogP contribution in [0.1, 0.15) is 168 Å². The Morgan fingerprint density at radius 1 is 0.520 bits per heavy atom. The Kier molecular flexibility index (Phi) is 34.9. The fourth-order valence-corrected chi connectivity index (χ4v) is 5.42. The van der Waals surface area contributed by atoms with Crippen molar-refractivity contribution in [3.63, 3.8) is 0 Å². The van der Waals surface area contributed by atoms with Crippen LogP contribution in [0.3, 0.4) is 0 Å². The van der Waals surface area contributed by atoms with Gasteiger partial charge in [-0.2, -0.15) is 0 Å². The van der Waals surface area contributed by atoms with E-state index in [9.17, 15) is 14.2 Å². The summed E-state index contributed by atoms with van der Waals surface area (Å²) in [5, 5.41) is 0. The minimum absolute atomic E-state index is 0.135. The van der Waals surface area contributed by atoms with Crippen LogP contribution in [-0.4, -0.2) is 41.0 Å². The van der Waals surface area contributed by atoms with Crippen LogP contribution in [-0.2, 0) is 28.2 Å². The molecule has 0 fully saturated rings. The number of unbranched alkanes of at least 4 members (excludes halogenated alkanes) is 15. The molecule has 0 bridgehead atoms. The van der Waals surface area contributed by atoms with Gasteiger partial charge in [-0.05, 0) is 77.0 Å². The maximum atomic E-state index is 12.4. The van der Waals surface area contributed by atoms with Gasteiger partial charge in [0.15, 0.2) is 6.10 Å². The fourth-order valence-electron chi connectivity index (χ4n) is 5.06. The van der Waals surface area contributed by atoms with E-state index in [1.54, 1.807) is 0 Å². The van der Waals surface area contributed by atoms with Gasteiger partial charge in [0.05, 0.1) is 6.61 Å². The zero-order valence-electron chi connectivity index (χ0n) is 31.5. The number of hydrogen-bond acceptors (Lipinski definition) is 6. The molecule has 0 aliphatic heterocycles. The molecule has 0 aromatic heterocycles. The predicted molar refractivity (Wildman–Crippen MR) is 207 cm³/mol. The number of ether oxygens (including phenoxy) is 2. The predicted octanol–water partition coefficient (Wildman–Crippen LogP) is 11.7. The SMILES string of the molecule is CCCCC/C=C\C/C=C\CCCCCCCC(=O)OC[C@H](COP(=O)(O)O)OC(=O)CCC/C=C\C/C=C\C/C=C\CCCCCCCC. The Labute approximate surface area is 305 Å². The lowest BCUT2D eigenvalue weighted by molar-refractivity contribution is -0.161. The van der Waals surface area contributed by atoms with E-state index >= 15 is 0 Å². The molecule has 0 unspecified atom stereocenters. The van der Waals surface area contributed by atoms with Crippen LogP contribution in [0.2, 0.25) is 0 Å². The smallest absolute Gasteiger partial charge is 0.462 e. The molecule has 0 spiro atoms. The maximum Gasteiger partial charge on any atom is 0.469 e. The van der Waals surface area contributed by atoms with E-state index in [1.807, 2.05) is 6.08 Å². The summed E-state index contributed by atoms with van der Waals surface area (Å²) in [5.74, 6) is -0.966. The third kappa shape index (κ3) is 38.6. The van der Waals surface area contributed by atoms with Gasteiger partial charge >= 0.3 is 19.8 Å². The van der Waals surface area contributed by atoms with E-state index < -0.39 is 32.5 Å². The van der Waals surface area contributed by atoms with Crippen molar-refractivity contribution in [3.8, 4) is 0 Å². The Hall–Kier alpha value is -2.25. The number of carbonyl (C=O) groups excluding carboxylic acids is 2. The molecule has 0 amide bonds. The second-order valence-electron chi connectivity index (χ2n) is 12.9. The van der Waals surface area contributed by atoms with Gasteiger partial charge in [0.1, 0.15) is 6.61 Å². The standard InChI is InChI=1S/C41H71O8P/c1-3-5-7-9-11-13-15-17-19-20-22-24-26-28-30-32-34-36-41(43)49-39(38-48-50(44,45)46)37-47-40(42)35-33-31-29-27-25-23-21-18-16-14-12-10-8-6-4-2/h12,14,17-19,21-22,24,28,30,39H,3-11,13,15-16,20,23,25-27,29,31-38H2,1-2H3,(H2,44,45,46)/b14-12-,19-17-,21-18-,24-22-,30-28-/t39-/m1/s1. The van der Waals surface area contributed by atoms with Crippen molar-refractivity contribution in [2.45, 2.75) is 174 Å². The molecule has 0 aliphatic carbocycles. The van der Waals surface area contributed by atoms with Gasteiger partial charge in [-0.1, -0.05) is 139 Å². The van der Waals surface area contributed by atoms with Crippen molar-refractivity contribution in [2.75, 3.05) is 13.2 Å². The van der Waals surface area contributed by atoms with Gasteiger partial charge < -0.3 is 19.3 Å². The third-order valence-electron chi connectivity index (χ3n) is 8.01. The number of allylic oxidation sites excluding steroid dienone is 10. The highest BCUT2D eigenvalue weighted by molar-refractivity contribution is 7.46. The number of rotatable bonds is 35. The summed E-state index contributed by atoms with van der Waals surface area (Å²) in [6.45, 7) is 3.58. The molecule has 8 nitrogen and oxygen atoms in total. The molecule has 2 N–H and O–H groups in total. The van der Waals surface area contributed by atoms with Crippen LogP contribution in [0.5, 0.6) is 0 Å². The number of carbonyl (C=O) groups is 2. The molecule has 0 saturated carbocycles. The quantitative estimate of drug-likeness (QED) is 0.0287. The molecule has 50 heavy (non-hydrogen) atoms. The van der Waals surface area contributed by atoms with E-state index in [-0.39, 0.29) is 19.4 Å². The van der Waals surface area contributed by atoms with Crippen LogP contribution in [0.15, 0.2) is 60.8 Å². The second-order valence-corrected chi connectivity index (χ2v) is 14.1. The molecule has 0 rings (SSSR count). The van der Waals surface area contributed by atoms with Crippen LogP contribution < -0.4 is 0 Å². The number of esters is 2. The lowest BCUT2D eigenvalue weighted by atomic mass is 10.1. The first kappa shape index (κ1) is 47.8. The van der Waals surface area contributed by atoms with Gasteiger partial charge in [-0.15, -0.1) is 0 Å². The third-order valence-corrected chi connectivity index (χ3v) is 8.49. The van der Waals surface area contributed by atoms with E-state index in [0.29, 0.717) is 19.3 Å². The van der Waals surface area contributed by atoms with E-state index in [0.717, 1.165) is 57.8 Å². The van der Waals surface area contributed by atoms with Crippen LogP contribution in [0, 0.1) is 0 Å². The number of phosphoric ester groups is 1. The molecule has 1 atom stereocenters. The average Bonchev–Trinajstić information content (AvgIpc) is 3.08. The molecule has 0 heterocycles. The second kappa shape index (κ2) is 36.5. The van der Waals surface area contributed by atoms with Crippen molar-refractivity contribution < 1.29 is 37.9 Å². The molecule has 0 saturated heterocycles. The molecular weight excluding hydrogens is 651 g/mol. The molecule has 0 aromatic carbocycles. The topological polar surface area (TPSA) is 119 Å². The summed E-state index contributed by atoms with van der Waals surface area (Å²) >= 11 is 0. The summed E-state index contributed by atoms with van der Waals surface area (Å²) < 4.78 is 26.3. The van der Waals surface area contributed by atoms with Gasteiger partial charge in [0.2, 0.25) is 0 Å². The average molecular weight is 723 g/mol. The van der Waals surface area contributed by atoms with Crippen LogP contribution in [0.4, 0.5) is 0 Å². The molecule has 288 valence electrons. The first-order valence-electron chi connectivity index (χ1n) is 19.6. The zero-order valence-corrected chi connectivity index (χ0v) is 32.4. The molecular formula is C41H71O8P. The first-order chi connectivity index (χ1) is 24.3.